The van der Waals surface area contributed by atoms with Gasteiger partial charge in [-0.2, -0.15) is 15.0 Å². The summed E-state index contributed by atoms with van der Waals surface area (Å²) in [5, 5.41) is 2.79. The molecule has 2 rings (SSSR count). The second-order valence-electron chi connectivity index (χ2n) is 2.95. The molecule has 17 heavy (non-hydrogen) atoms. The first-order chi connectivity index (χ1) is 8.04. The van der Waals surface area contributed by atoms with Gasteiger partial charge in [0.15, 0.2) is 0 Å². The first kappa shape index (κ1) is 12.5. The van der Waals surface area contributed by atoms with Gasteiger partial charge in [-0.05, 0) is 57.3 Å². The standard InChI is InChI=1S/C9H4BrCl2FN4/c10-5-3-4(1-2-6(5)13)14-9-16-7(11)15-8(12)17-9/h1-3H,(H,14,15,16,17). The van der Waals surface area contributed by atoms with Gasteiger partial charge in [-0.1, -0.05) is 0 Å². The van der Waals surface area contributed by atoms with Crippen molar-refractivity contribution in [2.24, 2.45) is 0 Å². The van der Waals surface area contributed by atoms with Crippen LogP contribution in [0.15, 0.2) is 22.7 Å². The minimum atomic E-state index is -0.359. The van der Waals surface area contributed by atoms with Crippen molar-refractivity contribution >= 4 is 50.8 Å². The first-order valence-electron chi connectivity index (χ1n) is 4.34. The van der Waals surface area contributed by atoms with Crippen molar-refractivity contribution in [1.82, 2.24) is 15.0 Å². The summed E-state index contributed by atoms with van der Waals surface area (Å²) < 4.78 is 13.3. The fourth-order valence-electron chi connectivity index (χ4n) is 1.08. The third kappa shape index (κ3) is 3.24. The summed E-state index contributed by atoms with van der Waals surface area (Å²) in [6.07, 6.45) is 0. The molecule has 0 aliphatic carbocycles. The lowest BCUT2D eigenvalue weighted by molar-refractivity contribution is 0.621. The molecule has 1 aromatic heterocycles. The topological polar surface area (TPSA) is 50.7 Å². The highest BCUT2D eigenvalue weighted by Crippen LogP contribution is 2.22. The molecular formula is C9H4BrCl2FN4. The van der Waals surface area contributed by atoms with Gasteiger partial charge >= 0.3 is 0 Å². The number of aromatic nitrogens is 3. The third-order valence-electron chi connectivity index (χ3n) is 1.76. The molecule has 1 N–H and O–H groups in total. The quantitative estimate of drug-likeness (QED) is 0.905. The average Bonchev–Trinajstić information content (AvgIpc) is 2.22. The van der Waals surface area contributed by atoms with Crippen molar-refractivity contribution in [1.29, 1.82) is 0 Å². The monoisotopic (exact) mass is 336 g/mol. The van der Waals surface area contributed by atoms with Crippen molar-refractivity contribution in [3.05, 3.63) is 39.1 Å². The van der Waals surface area contributed by atoms with Crippen molar-refractivity contribution in [2.75, 3.05) is 5.32 Å². The van der Waals surface area contributed by atoms with Gasteiger partial charge < -0.3 is 5.32 Å². The highest BCUT2D eigenvalue weighted by atomic mass is 79.9. The van der Waals surface area contributed by atoms with Gasteiger partial charge in [0.05, 0.1) is 4.47 Å². The average molecular weight is 338 g/mol. The van der Waals surface area contributed by atoms with E-state index in [9.17, 15) is 4.39 Å². The molecule has 1 aromatic carbocycles. The molecule has 1 heterocycles. The minimum absolute atomic E-state index is 0.0197. The first-order valence-corrected chi connectivity index (χ1v) is 5.88. The van der Waals surface area contributed by atoms with Crippen LogP contribution >= 0.6 is 39.1 Å². The van der Waals surface area contributed by atoms with E-state index in [1.165, 1.54) is 12.1 Å². The lowest BCUT2D eigenvalue weighted by atomic mass is 10.3. The zero-order valence-electron chi connectivity index (χ0n) is 8.09. The van der Waals surface area contributed by atoms with E-state index < -0.39 is 0 Å². The van der Waals surface area contributed by atoms with Crippen LogP contribution < -0.4 is 5.32 Å². The Balaban J connectivity index is 2.28. The van der Waals surface area contributed by atoms with Gasteiger partial charge in [-0.25, -0.2) is 4.39 Å². The highest BCUT2D eigenvalue weighted by Gasteiger charge is 2.05. The molecule has 0 aliphatic rings. The fraction of sp³-hybridized carbons (Fsp3) is 0. The molecule has 0 saturated heterocycles. The Bertz CT molecular complexity index is 546. The summed E-state index contributed by atoms with van der Waals surface area (Å²) in [7, 11) is 0. The Hall–Kier alpha value is -0.980. The molecule has 0 fully saturated rings. The van der Waals surface area contributed by atoms with E-state index in [4.69, 9.17) is 23.2 Å². The van der Waals surface area contributed by atoms with E-state index in [1.54, 1.807) is 6.07 Å². The molecule has 8 heteroatoms. The second kappa shape index (κ2) is 5.12. The maximum atomic E-state index is 13.0. The number of halogens is 4. The molecule has 0 radical (unpaired) electrons. The molecule has 0 aliphatic heterocycles. The molecule has 88 valence electrons. The molecule has 2 aromatic rings. The molecule has 0 amide bonds. The Morgan fingerprint density at radius 2 is 1.76 bits per heavy atom. The van der Waals surface area contributed by atoms with E-state index in [0.717, 1.165) is 0 Å². The maximum absolute atomic E-state index is 13.0. The second-order valence-corrected chi connectivity index (χ2v) is 4.48. The number of hydrogen-bond donors (Lipinski definition) is 1. The van der Waals surface area contributed by atoms with Crippen LogP contribution in [0.1, 0.15) is 0 Å². The van der Waals surface area contributed by atoms with Crippen LogP contribution in [0.3, 0.4) is 0 Å². The normalized spacial score (nSPS) is 10.4. The van der Waals surface area contributed by atoms with Crippen LogP contribution in [-0.4, -0.2) is 15.0 Å². The predicted octanol–water partition coefficient (Wildman–Crippen LogP) is 3.82. The zero-order valence-corrected chi connectivity index (χ0v) is 11.2. The summed E-state index contributed by atoms with van der Waals surface area (Å²) in [6, 6.07) is 4.38. The Morgan fingerprint density at radius 1 is 1.12 bits per heavy atom. The van der Waals surface area contributed by atoms with Crippen LogP contribution in [0.4, 0.5) is 16.0 Å². The zero-order chi connectivity index (χ0) is 12.4. The molecule has 0 atom stereocenters. The number of anilines is 2. The summed E-state index contributed by atoms with van der Waals surface area (Å²) in [5.74, 6) is -0.171. The lowest BCUT2D eigenvalue weighted by Gasteiger charge is -2.05. The van der Waals surface area contributed by atoms with E-state index >= 15 is 0 Å². The molecular weight excluding hydrogens is 334 g/mol. The fourth-order valence-corrected chi connectivity index (χ4v) is 1.83. The molecule has 0 saturated carbocycles. The highest BCUT2D eigenvalue weighted by molar-refractivity contribution is 9.10. The van der Waals surface area contributed by atoms with Crippen LogP contribution in [-0.2, 0) is 0 Å². The number of nitrogens with one attached hydrogen (secondary N) is 1. The van der Waals surface area contributed by atoms with Crippen molar-refractivity contribution in [3.63, 3.8) is 0 Å². The molecule has 0 spiro atoms. The molecule has 0 bridgehead atoms. The van der Waals surface area contributed by atoms with Crippen molar-refractivity contribution in [2.45, 2.75) is 0 Å². The van der Waals surface area contributed by atoms with E-state index in [1.807, 2.05) is 0 Å². The largest absolute Gasteiger partial charge is 0.324 e. The maximum Gasteiger partial charge on any atom is 0.232 e. The van der Waals surface area contributed by atoms with Crippen molar-refractivity contribution < 1.29 is 4.39 Å². The lowest BCUT2D eigenvalue weighted by Crippen LogP contribution is -1.99. The van der Waals surface area contributed by atoms with E-state index in [0.29, 0.717) is 10.2 Å². The van der Waals surface area contributed by atoms with Crippen LogP contribution in [0.5, 0.6) is 0 Å². The smallest absolute Gasteiger partial charge is 0.232 e. The van der Waals surface area contributed by atoms with E-state index in [2.05, 4.69) is 36.2 Å². The van der Waals surface area contributed by atoms with Crippen molar-refractivity contribution in [3.8, 4) is 0 Å². The third-order valence-corrected chi connectivity index (χ3v) is 2.70. The van der Waals surface area contributed by atoms with Gasteiger partial charge in [0.25, 0.3) is 0 Å². The number of benzene rings is 1. The van der Waals surface area contributed by atoms with Crippen LogP contribution in [0.25, 0.3) is 0 Å². The molecule has 4 nitrogen and oxygen atoms in total. The predicted molar refractivity (Wildman–Crippen MR) is 67.2 cm³/mol. The number of nitrogens with zero attached hydrogens (tertiary/aromatic N) is 3. The van der Waals surface area contributed by atoms with E-state index in [-0.39, 0.29) is 22.3 Å². The minimum Gasteiger partial charge on any atom is -0.324 e. The van der Waals surface area contributed by atoms with Gasteiger partial charge in [-0.3, -0.25) is 0 Å². The Labute approximate surface area is 114 Å². The Kier molecular flexibility index (Phi) is 3.76. The summed E-state index contributed by atoms with van der Waals surface area (Å²) >= 11 is 14.3. The SMILES string of the molecule is Fc1ccc(Nc2nc(Cl)nc(Cl)n2)cc1Br. The Morgan fingerprint density at radius 3 is 2.35 bits per heavy atom. The van der Waals surface area contributed by atoms with Gasteiger partial charge in [0, 0.05) is 5.69 Å². The number of rotatable bonds is 2. The summed E-state index contributed by atoms with van der Waals surface area (Å²) in [4.78, 5) is 11.2. The van der Waals surface area contributed by atoms with Gasteiger partial charge in [0.1, 0.15) is 5.82 Å². The van der Waals surface area contributed by atoms with Gasteiger partial charge in [-0.15, -0.1) is 0 Å². The summed E-state index contributed by atoms with van der Waals surface area (Å²) in [6.45, 7) is 0. The number of hydrogen-bond acceptors (Lipinski definition) is 4. The van der Waals surface area contributed by atoms with Crippen LogP contribution in [0, 0.1) is 5.82 Å². The molecule has 0 unspecified atom stereocenters. The van der Waals surface area contributed by atoms with Crippen LogP contribution in [0.2, 0.25) is 10.6 Å². The summed E-state index contributed by atoms with van der Waals surface area (Å²) in [5.41, 5.74) is 0.594. The van der Waals surface area contributed by atoms with Gasteiger partial charge in [0.2, 0.25) is 16.5 Å².